The molecule has 0 aliphatic rings. The second-order valence-electron chi connectivity index (χ2n) is 3.37. The lowest BCUT2D eigenvalue weighted by Gasteiger charge is -2.17. The SMILES string of the molecule is CCNC(COCC(F)(F)F)c1sccc1Cl. The molecule has 0 spiro atoms. The largest absolute Gasteiger partial charge is 0.411 e. The van der Waals surface area contributed by atoms with Crippen LogP contribution in [-0.2, 0) is 4.74 Å². The quantitative estimate of drug-likeness (QED) is 0.863. The molecule has 1 aromatic rings. The highest BCUT2D eigenvalue weighted by molar-refractivity contribution is 7.10. The third-order valence-electron chi connectivity index (χ3n) is 1.96. The topological polar surface area (TPSA) is 21.3 Å². The van der Waals surface area contributed by atoms with Crippen LogP contribution in [0.15, 0.2) is 11.4 Å². The first kappa shape index (κ1) is 14.8. The average molecular weight is 288 g/mol. The smallest absolute Gasteiger partial charge is 0.370 e. The molecule has 0 radical (unpaired) electrons. The fourth-order valence-electron chi connectivity index (χ4n) is 1.32. The molecule has 0 fully saturated rings. The monoisotopic (exact) mass is 287 g/mol. The number of ether oxygens (including phenoxy) is 1. The first-order valence-corrected chi connectivity index (χ1v) is 6.30. The van der Waals surface area contributed by atoms with Gasteiger partial charge in [0.05, 0.1) is 17.7 Å². The molecule has 1 heterocycles. The molecule has 2 nitrogen and oxygen atoms in total. The molecule has 0 aromatic carbocycles. The Kier molecular flexibility index (Phi) is 5.72. The van der Waals surface area contributed by atoms with E-state index in [1.807, 2.05) is 6.92 Å². The summed E-state index contributed by atoms with van der Waals surface area (Å²) >= 11 is 7.33. The Morgan fingerprint density at radius 3 is 2.71 bits per heavy atom. The second kappa shape index (κ2) is 6.58. The summed E-state index contributed by atoms with van der Waals surface area (Å²) in [5.41, 5.74) is 0. The molecule has 1 atom stereocenters. The van der Waals surface area contributed by atoms with Crippen LogP contribution in [0.3, 0.4) is 0 Å². The number of rotatable bonds is 6. The van der Waals surface area contributed by atoms with E-state index in [1.54, 1.807) is 11.4 Å². The molecule has 0 aliphatic carbocycles. The molecule has 0 bridgehead atoms. The van der Waals surface area contributed by atoms with Crippen LogP contribution in [0.25, 0.3) is 0 Å². The van der Waals surface area contributed by atoms with E-state index in [0.717, 1.165) is 4.88 Å². The normalized spacial score (nSPS) is 13.9. The minimum Gasteiger partial charge on any atom is -0.370 e. The van der Waals surface area contributed by atoms with E-state index in [9.17, 15) is 13.2 Å². The third-order valence-corrected chi connectivity index (χ3v) is 3.43. The van der Waals surface area contributed by atoms with Gasteiger partial charge in [0.25, 0.3) is 0 Å². The molecule has 7 heteroatoms. The van der Waals surface area contributed by atoms with Gasteiger partial charge in [-0.05, 0) is 18.0 Å². The molecule has 98 valence electrons. The van der Waals surface area contributed by atoms with Gasteiger partial charge in [0, 0.05) is 4.88 Å². The number of nitrogens with one attached hydrogen (secondary N) is 1. The Hall–Kier alpha value is -0.300. The van der Waals surface area contributed by atoms with Crippen molar-refractivity contribution in [1.29, 1.82) is 0 Å². The van der Waals surface area contributed by atoms with Gasteiger partial charge in [-0.3, -0.25) is 0 Å². The summed E-state index contributed by atoms with van der Waals surface area (Å²) in [5.74, 6) is 0. The fraction of sp³-hybridized carbons (Fsp3) is 0.600. The molecule has 0 saturated carbocycles. The lowest BCUT2D eigenvalue weighted by Crippen LogP contribution is -2.27. The first-order chi connectivity index (χ1) is 7.94. The van der Waals surface area contributed by atoms with Gasteiger partial charge in [-0.1, -0.05) is 18.5 Å². The van der Waals surface area contributed by atoms with Gasteiger partial charge in [0.15, 0.2) is 0 Å². The van der Waals surface area contributed by atoms with Crippen molar-refractivity contribution in [2.24, 2.45) is 0 Å². The Morgan fingerprint density at radius 2 is 2.24 bits per heavy atom. The summed E-state index contributed by atoms with van der Waals surface area (Å²) in [7, 11) is 0. The predicted octanol–water partition coefficient (Wildman–Crippen LogP) is 3.63. The summed E-state index contributed by atoms with van der Waals surface area (Å²) in [5, 5.41) is 5.40. The van der Waals surface area contributed by atoms with Crippen LogP contribution in [0.5, 0.6) is 0 Å². The predicted molar refractivity (Wildman–Crippen MR) is 62.6 cm³/mol. The van der Waals surface area contributed by atoms with E-state index in [0.29, 0.717) is 11.6 Å². The Morgan fingerprint density at radius 1 is 1.53 bits per heavy atom. The average Bonchev–Trinajstić information content (AvgIpc) is 2.61. The molecular formula is C10H13ClF3NOS. The van der Waals surface area contributed by atoms with E-state index < -0.39 is 12.8 Å². The Labute approximate surface area is 107 Å². The van der Waals surface area contributed by atoms with Crippen molar-refractivity contribution in [3.8, 4) is 0 Å². The number of likely N-dealkylation sites (N-methyl/N-ethyl adjacent to an activating group) is 1. The lowest BCUT2D eigenvalue weighted by atomic mass is 10.2. The molecule has 0 aliphatic heterocycles. The van der Waals surface area contributed by atoms with Crippen molar-refractivity contribution in [2.75, 3.05) is 19.8 Å². The highest BCUT2D eigenvalue weighted by Crippen LogP contribution is 2.29. The van der Waals surface area contributed by atoms with Crippen molar-refractivity contribution in [1.82, 2.24) is 5.32 Å². The molecule has 1 rings (SSSR count). The van der Waals surface area contributed by atoms with E-state index >= 15 is 0 Å². The van der Waals surface area contributed by atoms with Gasteiger partial charge in [-0.2, -0.15) is 13.2 Å². The maximum Gasteiger partial charge on any atom is 0.411 e. The second-order valence-corrected chi connectivity index (χ2v) is 4.73. The first-order valence-electron chi connectivity index (χ1n) is 5.04. The van der Waals surface area contributed by atoms with Crippen molar-refractivity contribution in [2.45, 2.75) is 19.1 Å². The van der Waals surface area contributed by atoms with Gasteiger partial charge in [0.2, 0.25) is 0 Å². The summed E-state index contributed by atoms with van der Waals surface area (Å²) in [6, 6.07) is 1.42. The Bertz CT molecular complexity index is 343. The van der Waals surface area contributed by atoms with Crippen LogP contribution in [0.1, 0.15) is 17.8 Å². The molecule has 1 N–H and O–H groups in total. The molecule has 1 aromatic heterocycles. The zero-order valence-corrected chi connectivity index (χ0v) is 10.8. The van der Waals surface area contributed by atoms with Crippen LogP contribution in [0, 0.1) is 0 Å². The van der Waals surface area contributed by atoms with E-state index in [-0.39, 0.29) is 12.6 Å². The minimum atomic E-state index is -4.30. The van der Waals surface area contributed by atoms with Gasteiger partial charge in [0.1, 0.15) is 6.61 Å². The van der Waals surface area contributed by atoms with Crippen LogP contribution >= 0.6 is 22.9 Å². The van der Waals surface area contributed by atoms with Crippen LogP contribution < -0.4 is 5.32 Å². The van der Waals surface area contributed by atoms with Crippen LogP contribution in [-0.4, -0.2) is 25.9 Å². The van der Waals surface area contributed by atoms with Gasteiger partial charge < -0.3 is 10.1 Å². The molecule has 17 heavy (non-hydrogen) atoms. The van der Waals surface area contributed by atoms with Gasteiger partial charge in [-0.25, -0.2) is 0 Å². The van der Waals surface area contributed by atoms with Crippen molar-refractivity contribution >= 4 is 22.9 Å². The number of alkyl halides is 3. The van der Waals surface area contributed by atoms with Crippen molar-refractivity contribution in [3.05, 3.63) is 21.3 Å². The van der Waals surface area contributed by atoms with Crippen LogP contribution in [0.4, 0.5) is 13.2 Å². The number of halogens is 4. The maximum atomic E-state index is 11.9. The van der Waals surface area contributed by atoms with Gasteiger partial charge >= 0.3 is 6.18 Å². The third kappa shape index (κ3) is 5.25. The minimum absolute atomic E-state index is 0.0480. The van der Waals surface area contributed by atoms with Crippen LogP contribution in [0.2, 0.25) is 5.02 Å². The van der Waals surface area contributed by atoms with Crippen molar-refractivity contribution < 1.29 is 17.9 Å². The van der Waals surface area contributed by atoms with Crippen molar-refractivity contribution in [3.63, 3.8) is 0 Å². The highest BCUT2D eigenvalue weighted by Gasteiger charge is 2.28. The van der Waals surface area contributed by atoms with E-state index in [2.05, 4.69) is 10.1 Å². The number of hydrogen-bond acceptors (Lipinski definition) is 3. The fourth-order valence-corrected chi connectivity index (χ4v) is 2.57. The summed E-state index contributed by atoms with van der Waals surface area (Å²) in [4.78, 5) is 0.802. The zero-order chi connectivity index (χ0) is 12.9. The summed E-state index contributed by atoms with van der Waals surface area (Å²) in [6.45, 7) is 1.22. The standard InChI is InChI=1S/C10H13ClF3NOS/c1-2-15-8(5-16-6-10(12,13)14)9-7(11)3-4-17-9/h3-4,8,15H,2,5-6H2,1H3. The van der Waals surface area contributed by atoms with Gasteiger partial charge in [-0.15, -0.1) is 11.3 Å². The Balaban J connectivity index is 2.53. The maximum absolute atomic E-state index is 11.9. The molecular weight excluding hydrogens is 275 g/mol. The highest BCUT2D eigenvalue weighted by atomic mass is 35.5. The lowest BCUT2D eigenvalue weighted by molar-refractivity contribution is -0.175. The zero-order valence-electron chi connectivity index (χ0n) is 9.18. The van der Waals surface area contributed by atoms with E-state index in [1.165, 1.54) is 11.3 Å². The molecule has 1 unspecified atom stereocenters. The van der Waals surface area contributed by atoms with E-state index in [4.69, 9.17) is 11.6 Å². The molecule has 0 saturated heterocycles. The molecule has 0 amide bonds. The number of thiophene rings is 1. The number of hydrogen-bond donors (Lipinski definition) is 1. The summed E-state index contributed by atoms with van der Waals surface area (Å²) < 4.78 is 40.5. The summed E-state index contributed by atoms with van der Waals surface area (Å²) in [6.07, 6.45) is -4.30.